The molecule has 0 amide bonds. The lowest BCUT2D eigenvalue weighted by atomic mass is 10.1. The van der Waals surface area contributed by atoms with Gasteiger partial charge in [-0.25, -0.2) is 0 Å². The van der Waals surface area contributed by atoms with Crippen LogP contribution >= 0.6 is 0 Å². The maximum absolute atomic E-state index is 5.82. The van der Waals surface area contributed by atoms with Crippen LogP contribution < -0.4 is 5.32 Å². The molecule has 0 spiro atoms. The van der Waals surface area contributed by atoms with Gasteiger partial charge in [0.05, 0.1) is 12.2 Å². The summed E-state index contributed by atoms with van der Waals surface area (Å²) < 4.78 is 5.82. The number of morpholine rings is 1. The van der Waals surface area contributed by atoms with Crippen LogP contribution in [0.4, 0.5) is 0 Å². The number of hydrogen-bond donors (Lipinski definition) is 2. The molecule has 0 bridgehead atoms. The van der Waals surface area contributed by atoms with E-state index in [1.54, 1.807) is 0 Å². The molecule has 0 aliphatic carbocycles. The molecule has 2 heterocycles. The lowest BCUT2D eigenvalue weighted by Crippen LogP contribution is -2.44. The first kappa shape index (κ1) is 18.2. The number of aromatic nitrogens is 1. The lowest BCUT2D eigenvalue weighted by molar-refractivity contribution is -0.0704. The molecule has 142 valence electrons. The summed E-state index contributed by atoms with van der Waals surface area (Å²) in [5, 5.41) is 4.83. The number of fused-ring (bicyclic) bond motifs is 1. The van der Waals surface area contributed by atoms with E-state index in [4.69, 9.17) is 4.74 Å². The molecule has 1 aliphatic heterocycles. The zero-order chi connectivity index (χ0) is 18.6. The Bertz CT molecular complexity index is 861. The average molecular weight is 364 g/mol. The van der Waals surface area contributed by atoms with Crippen molar-refractivity contribution in [3.8, 4) is 0 Å². The zero-order valence-electron chi connectivity index (χ0n) is 16.2. The predicted molar refractivity (Wildman–Crippen MR) is 111 cm³/mol. The molecule has 27 heavy (non-hydrogen) atoms. The van der Waals surface area contributed by atoms with Crippen LogP contribution in [-0.4, -0.2) is 35.2 Å². The van der Waals surface area contributed by atoms with Gasteiger partial charge in [0.25, 0.3) is 0 Å². The quantitative estimate of drug-likeness (QED) is 0.694. The van der Waals surface area contributed by atoms with Crippen molar-refractivity contribution in [2.75, 3.05) is 13.1 Å². The SMILES string of the molecule is CC1CN(Cc2ccc(CNCc3cccc4cc[nH]c34)cc2)CC(C)O1. The Morgan fingerprint density at radius 2 is 1.70 bits per heavy atom. The van der Waals surface area contributed by atoms with Crippen molar-refractivity contribution in [2.45, 2.75) is 45.7 Å². The van der Waals surface area contributed by atoms with Crippen LogP contribution in [0.1, 0.15) is 30.5 Å². The van der Waals surface area contributed by atoms with E-state index in [0.717, 1.165) is 32.7 Å². The Morgan fingerprint density at radius 1 is 0.963 bits per heavy atom. The van der Waals surface area contributed by atoms with Crippen molar-refractivity contribution >= 4 is 10.9 Å². The minimum absolute atomic E-state index is 0.321. The third kappa shape index (κ3) is 4.59. The summed E-state index contributed by atoms with van der Waals surface area (Å²) in [5.74, 6) is 0. The van der Waals surface area contributed by atoms with Crippen molar-refractivity contribution < 1.29 is 4.74 Å². The number of ether oxygens (including phenoxy) is 1. The summed E-state index contributed by atoms with van der Waals surface area (Å²) in [7, 11) is 0. The molecule has 2 atom stereocenters. The number of nitrogens with zero attached hydrogens (tertiary/aromatic N) is 1. The predicted octanol–water partition coefficient (Wildman–Crippen LogP) is 4.07. The summed E-state index contributed by atoms with van der Waals surface area (Å²) in [6.45, 7) is 9.08. The maximum Gasteiger partial charge on any atom is 0.0678 e. The lowest BCUT2D eigenvalue weighted by Gasteiger charge is -2.35. The van der Waals surface area contributed by atoms with Gasteiger partial charge in [-0.05, 0) is 42.0 Å². The van der Waals surface area contributed by atoms with Gasteiger partial charge in [0.15, 0.2) is 0 Å². The van der Waals surface area contributed by atoms with Crippen LogP contribution in [0.3, 0.4) is 0 Å². The molecule has 4 heteroatoms. The molecule has 4 rings (SSSR count). The average Bonchev–Trinajstić information content (AvgIpc) is 3.12. The molecule has 0 radical (unpaired) electrons. The number of nitrogens with one attached hydrogen (secondary N) is 2. The second-order valence-corrected chi connectivity index (χ2v) is 7.73. The largest absolute Gasteiger partial charge is 0.373 e. The molecule has 2 unspecified atom stereocenters. The van der Waals surface area contributed by atoms with Crippen molar-refractivity contribution in [3.63, 3.8) is 0 Å². The number of rotatable bonds is 6. The van der Waals surface area contributed by atoms with Gasteiger partial charge in [-0.3, -0.25) is 4.90 Å². The minimum atomic E-state index is 0.321. The normalized spacial score (nSPS) is 21.0. The number of para-hydroxylation sites is 1. The van der Waals surface area contributed by atoms with Crippen molar-refractivity contribution in [3.05, 3.63) is 71.4 Å². The fourth-order valence-electron chi connectivity index (χ4n) is 4.07. The highest BCUT2D eigenvalue weighted by atomic mass is 16.5. The molecule has 1 saturated heterocycles. The van der Waals surface area contributed by atoms with E-state index in [-0.39, 0.29) is 0 Å². The number of hydrogen-bond acceptors (Lipinski definition) is 3. The van der Waals surface area contributed by atoms with Crippen molar-refractivity contribution in [1.29, 1.82) is 0 Å². The molecule has 2 aromatic carbocycles. The van der Waals surface area contributed by atoms with Gasteiger partial charge in [0, 0.05) is 44.4 Å². The number of aromatic amines is 1. The van der Waals surface area contributed by atoms with E-state index in [1.807, 2.05) is 6.20 Å². The van der Waals surface area contributed by atoms with Gasteiger partial charge < -0.3 is 15.0 Å². The van der Waals surface area contributed by atoms with Gasteiger partial charge in [-0.1, -0.05) is 42.5 Å². The van der Waals surface area contributed by atoms with Crippen LogP contribution in [0.25, 0.3) is 10.9 Å². The molecular formula is C23H29N3O. The van der Waals surface area contributed by atoms with E-state index in [9.17, 15) is 0 Å². The first-order chi connectivity index (χ1) is 13.2. The second-order valence-electron chi connectivity index (χ2n) is 7.73. The van der Waals surface area contributed by atoms with E-state index in [2.05, 4.69) is 77.6 Å². The van der Waals surface area contributed by atoms with Crippen LogP contribution in [-0.2, 0) is 24.4 Å². The van der Waals surface area contributed by atoms with Gasteiger partial charge in [-0.2, -0.15) is 0 Å². The number of benzene rings is 2. The van der Waals surface area contributed by atoms with Crippen LogP contribution in [0.5, 0.6) is 0 Å². The molecular weight excluding hydrogens is 334 g/mol. The standard InChI is InChI=1S/C23H29N3O/c1-17-14-26(15-18(2)27-17)16-20-8-6-19(7-9-20)12-24-13-22-5-3-4-21-10-11-25-23(21)22/h3-11,17-18,24-25H,12-16H2,1-2H3. The minimum Gasteiger partial charge on any atom is -0.373 e. The third-order valence-electron chi connectivity index (χ3n) is 5.24. The Kier molecular flexibility index (Phi) is 5.58. The smallest absolute Gasteiger partial charge is 0.0678 e. The Labute approximate surface area is 161 Å². The molecule has 0 saturated carbocycles. The highest BCUT2D eigenvalue weighted by Gasteiger charge is 2.21. The van der Waals surface area contributed by atoms with Crippen LogP contribution in [0.2, 0.25) is 0 Å². The summed E-state index contributed by atoms with van der Waals surface area (Å²) in [6, 6.07) is 17.6. The Balaban J connectivity index is 1.30. The monoisotopic (exact) mass is 363 g/mol. The van der Waals surface area contributed by atoms with Crippen LogP contribution in [0, 0.1) is 0 Å². The summed E-state index contributed by atoms with van der Waals surface area (Å²) in [6.07, 6.45) is 2.64. The van der Waals surface area contributed by atoms with Crippen molar-refractivity contribution in [2.24, 2.45) is 0 Å². The van der Waals surface area contributed by atoms with Gasteiger partial charge in [0.1, 0.15) is 0 Å². The molecule has 1 aliphatic rings. The van der Waals surface area contributed by atoms with E-state index < -0.39 is 0 Å². The molecule has 4 nitrogen and oxygen atoms in total. The highest BCUT2D eigenvalue weighted by molar-refractivity contribution is 5.82. The summed E-state index contributed by atoms with van der Waals surface area (Å²) >= 11 is 0. The maximum atomic E-state index is 5.82. The molecule has 3 aromatic rings. The fraction of sp³-hybridized carbons (Fsp3) is 0.391. The molecule has 2 N–H and O–H groups in total. The zero-order valence-corrected chi connectivity index (χ0v) is 16.2. The van der Waals surface area contributed by atoms with Crippen LogP contribution in [0.15, 0.2) is 54.7 Å². The number of H-pyrrole nitrogens is 1. The first-order valence-corrected chi connectivity index (χ1v) is 9.89. The van der Waals surface area contributed by atoms with E-state index >= 15 is 0 Å². The molecule has 1 aromatic heterocycles. The second kappa shape index (κ2) is 8.26. The first-order valence-electron chi connectivity index (χ1n) is 9.89. The molecule has 1 fully saturated rings. The van der Waals surface area contributed by atoms with E-state index in [1.165, 1.54) is 27.6 Å². The third-order valence-corrected chi connectivity index (χ3v) is 5.24. The van der Waals surface area contributed by atoms with Crippen molar-refractivity contribution in [1.82, 2.24) is 15.2 Å². The van der Waals surface area contributed by atoms with E-state index in [0.29, 0.717) is 12.2 Å². The topological polar surface area (TPSA) is 40.3 Å². The van der Waals surface area contributed by atoms with Gasteiger partial charge in [-0.15, -0.1) is 0 Å². The Morgan fingerprint density at radius 3 is 2.48 bits per heavy atom. The van der Waals surface area contributed by atoms with Gasteiger partial charge >= 0.3 is 0 Å². The summed E-state index contributed by atoms with van der Waals surface area (Å²) in [4.78, 5) is 5.82. The fourth-order valence-corrected chi connectivity index (χ4v) is 4.07. The highest BCUT2D eigenvalue weighted by Crippen LogP contribution is 2.17. The Hall–Kier alpha value is -2.14. The summed E-state index contributed by atoms with van der Waals surface area (Å²) in [5.41, 5.74) is 5.23. The van der Waals surface area contributed by atoms with Gasteiger partial charge in [0.2, 0.25) is 0 Å².